The van der Waals surface area contributed by atoms with Gasteiger partial charge in [-0.3, -0.25) is 9.59 Å². The minimum atomic E-state index is -0.797. The molecule has 0 aromatic carbocycles. The van der Waals surface area contributed by atoms with Crippen molar-refractivity contribution in [1.82, 2.24) is 5.32 Å². The molecule has 0 heterocycles. The predicted molar refractivity (Wildman–Crippen MR) is 127 cm³/mol. The Morgan fingerprint density at radius 3 is 1.91 bits per heavy atom. The van der Waals surface area contributed by atoms with Gasteiger partial charge < -0.3 is 14.8 Å². The normalized spacial score (nSPS) is 18.1. The number of carbonyl (C=O) groups is 3. The first-order valence-corrected chi connectivity index (χ1v) is 13.0. The molecule has 0 radical (unpaired) electrons. The summed E-state index contributed by atoms with van der Waals surface area (Å²) in [6, 6.07) is -0.797. The van der Waals surface area contributed by atoms with Gasteiger partial charge in [-0.2, -0.15) is 0 Å². The maximum absolute atomic E-state index is 12.1. The van der Waals surface area contributed by atoms with Crippen molar-refractivity contribution in [1.29, 1.82) is 0 Å². The highest BCUT2D eigenvalue weighted by atomic mass is 16.5. The lowest BCUT2D eigenvalue weighted by Crippen LogP contribution is -2.41. The average molecular weight is 454 g/mol. The van der Waals surface area contributed by atoms with Crippen LogP contribution in [0.2, 0.25) is 0 Å². The maximum Gasteiger partial charge on any atom is 0.328 e. The summed E-state index contributed by atoms with van der Waals surface area (Å²) in [6.07, 6.45) is 18.9. The molecule has 1 aliphatic rings. The van der Waals surface area contributed by atoms with E-state index in [9.17, 15) is 14.4 Å². The Kier molecular flexibility index (Phi) is 15.9. The van der Waals surface area contributed by atoms with Gasteiger partial charge in [-0.1, -0.05) is 84.0 Å². The third kappa shape index (κ3) is 13.7. The molecule has 0 aliphatic heterocycles. The first-order chi connectivity index (χ1) is 15.5. The second kappa shape index (κ2) is 17.9. The van der Waals surface area contributed by atoms with Crippen molar-refractivity contribution in [3.8, 4) is 0 Å². The number of nitrogens with one attached hydrogen (secondary N) is 1. The van der Waals surface area contributed by atoms with Crippen molar-refractivity contribution >= 4 is 17.8 Å². The fourth-order valence-corrected chi connectivity index (χ4v) is 4.45. The summed E-state index contributed by atoms with van der Waals surface area (Å²) in [5.74, 6) is 0.884. The number of amides is 1. The Bertz CT molecular complexity index is 536. The molecule has 6 heteroatoms. The minimum Gasteiger partial charge on any atom is -0.469 e. The van der Waals surface area contributed by atoms with E-state index in [2.05, 4.69) is 17.0 Å². The van der Waals surface area contributed by atoms with E-state index in [1.54, 1.807) is 0 Å². The van der Waals surface area contributed by atoms with Gasteiger partial charge in [0.05, 0.1) is 14.2 Å². The number of methoxy groups -OCH3 is 2. The van der Waals surface area contributed by atoms with Gasteiger partial charge in [-0.05, 0) is 31.1 Å². The van der Waals surface area contributed by atoms with Crippen LogP contribution in [-0.4, -0.2) is 38.1 Å². The molecule has 3 unspecified atom stereocenters. The van der Waals surface area contributed by atoms with Crippen molar-refractivity contribution in [2.45, 2.75) is 122 Å². The number of esters is 2. The van der Waals surface area contributed by atoms with Gasteiger partial charge in [-0.15, -0.1) is 0 Å². The summed E-state index contributed by atoms with van der Waals surface area (Å²) >= 11 is 0. The summed E-state index contributed by atoms with van der Waals surface area (Å²) in [5.41, 5.74) is 0. The topological polar surface area (TPSA) is 81.7 Å². The molecule has 0 spiro atoms. The second-order valence-electron chi connectivity index (χ2n) is 9.38. The van der Waals surface area contributed by atoms with E-state index in [1.807, 2.05) is 0 Å². The van der Waals surface area contributed by atoms with Crippen molar-refractivity contribution in [2.24, 2.45) is 11.8 Å². The highest BCUT2D eigenvalue weighted by molar-refractivity contribution is 5.84. The summed E-state index contributed by atoms with van der Waals surface area (Å²) < 4.78 is 9.30. The van der Waals surface area contributed by atoms with E-state index in [-0.39, 0.29) is 18.7 Å². The molecule has 1 rings (SSSR count). The van der Waals surface area contributed by atoms with E-state index in [0.717, 1.165) is 31.1 Å². The van der Waals surface area contributed by atoms with Gasteiger partial charge in [0.2, 0.25) is 5.91 Å². The van der Waals surface area contributed by atoms with Crippen molar-refractivity contribution < 1.29 is 23.9 Å². The summed E-state index contributed by atoms with van der Waals surface area (Å²) in [6.45, 7) is 2.27. The summed E-state index contributed by atoms with van der Waals surface area (Å²) in [7, 11) is 2.58. The molecule has 0 aromatic heterocycles. The zero-order valence-corrected chi connectivity index (χ0v) is 20.8. The maximum atomic E-state index is 12.1. The first kappa shape index (κ1) is 28.4. The van der Waals surface area contributed by atoms with Crippen LogP contribution in [0.15, 0.2) is 0 Å². The standard InChI is InChI=1S/C26H47NO5/c1-4-5-6-7-9-12-15-21-20-22(21)16-13-10-8-11-14-17-24(28)27-23(26(30)32-3)18-19-25(29)31-2/h21-23H,4-20H2,1-3H3,(H,27,28). The van der Waals surface area contributed by atoms with Crippen LogP contribution in [0.1, 0.15) is 116 Å². The average Bonchev–Trinajstić information content (AvgIpc) is 3.55. The highest BCUT2D eigenvalue weighted by Gasteiger charge is 2.35. The van der Waals surface area contributed by atoms with Gasteiger partial charge >= 0.3 is 11.9 Å². The van der Waals surface area contributed by atoms with Crippen LogP contribution in [0, 0.1) is 11.8 Å². The lowest BCUT2D eigenvalue weighted by molar-refractivity contribution is -0.146. The molecule has 1 N–H and O–H groups in total. The number of hydrogen-bond acceptors (Lipinski definition) is 5. The van der Waals surface area contributed by atoms with Gasteiger partial charge in [0.15, 0.2) is 0 Å². The lowest BCUT2D eigenvalue weighted by atomic mass is 10.0. The van der Waals surface area contributed by atoms with Crippen molar-refractivity contribution in [3.63, 3.8) is 0 Å². The molecule has 0 bridgehead atoms. The third-order valence-corrected chi connectivity index (χ3v) is 6.66. The Labute approximate surface area is 195 Å². The van der Waals surface area contributed by atoms with E-state index in [0.29, 0.717) is 6.42 Å². The highest BCUT2D eigenvalue weighted by Crippen LogP contribution is 2.45. The van der Waals surface area contributed by atoms with E-state index < -0.39 is 18.0 Å². The molecular weight excluding hydrogens is 406 g/mol. The van der Waals surface area contributed by atoms with Gasteiger partial charge in [0.25, 0.3) is 0 Å². The summed E-state index contributed by atoms with van der Waals surface area (Å²) in [5, 5.41) is 2.69. The van der Waals surface area contributed by atoms with Crippen LogP contribution >= 0.6 is 0 Å². The molecule has 6 nitrogen and oxygen atoms in total. The number of hydrogen-bond donors (Lipinski definition) is 1. The first-order valence-electron chi connectivity index (χ1n) is 13.0. The van der Waals surface area contributed by atoms with E-state index in [4.69, 9.17) is 4.74 Å². The fourth-order valence-electron chi connectivity index (χ4n) is 4.45. The van der Waals surface area contributed by atoms with Crippen LogP contribution in [0.25, 0.3) is 0 Å². The molecule has 1 saturated carbocycles. The number of rotatable bonds is 20. The Morgan fingerprint density at radius 1 is 0.781 bits per heavy atom. The number of ether oxygens (including phenoxy) is 2. The largest absolute Gasteiger partial charge is 0.469 e. The van der Waals surface area contributed by atoms with Crippen molar-refractivity contribution in [2.75, 3.05) is 14.2 Å². The van der Waals surface area contributed by atoms with E-state index >= 15 is 0 Å². The molecule has 0 saturated heterocycles. The predicted octanol–water partition coefficient (Wildman–Crippen LogP) is 5.71. The molecule has 1 fully saturated rings. The SMILES string of the molecule is CCCCCCCCC1CC1CCCCCCCC(=O)NC(CCC(=O)OC)C(=O)OC. The smallest absolute Gasteiger partial charge is 0.328 e. The summed E-state index contributed by atoms with van der Waals surface area (Å²) in [4.78, 5) is 35.2. The molecule has 1 aliphatic carbocycles. The molecular formula is C26H47NO5. The number of unbranched alkanes of at least 4 members (excludes halogenated alkanes) is 9. The quantitative estimate of drug-likeness (QED) is 0.188. The van der Waals surface area contributed by atoms with Crippen LogP contribution < -0.4 is 5.32 Å². The molecule has 0 aromatic rings. The van der Waals surface area contributed by atoms with Crippen molar-refractivity contribution in [3.05, 3.63) is 0 Å². The van der Waals surface area contributed by atoms with Gasteiger partial charge in [0, 0.05) is 12.8 Å². The third-order valence-electron chi connectivity index (χ3n) is 6.66. The molecule has 186 valence electrons. The van der Waals surface area contributed by atoms with Gasteiger partial charge in [0.1, 0.15) is 6.04 Å². The molecule has 32 heavy (non-hydrogen) atoms. The van der Waals surface area contributed by atoms with Crippen LogP contribution in [0.3, 0.4) is 0 Å². The minimum absolute atomic E-state index is 0.0668. The van der Waals surface area contributed by atoms with Gasteiger partial charge in [-0.25, -0.2) is 4.79 Å². The molecule has 3 atom stereocenters. The Hall–Kier alpha value is -1.59. The zero-order valence-electron chi connectivity index (χ0n) is 20.8. The zero-order chi connectivity index (χ0) is 23.6. The molecule has 1 amide bonds. The fraction of sp³-hybridized carbons (Fsp3) is 0.885. The lowest BCUT2D eigenvalue weighted by Gasteiger charge is -2.16. The van der Waals surface area contributed by atoms with Crippen LogP contribution in [-0.2, 0) is 23.9 Å². The van der Waals surface area contributed by atoms with Crippen LogP contribution in [0.5, 0.6) is 0 Å². The van der Waals surface area contributed by atoms with Crippen LogP contribution in [0.4, 0.5) is 0 Å². The van der Waals surface area contributed by atoms with E-state index in [1.165, 1.54) is 84.8 Å². The Morgan fingerprint density at radius 2 is 1.34 bits per heavy atom. The monoisotopic (exact) mass is 453 g/mol. The number of carbonyl (C=O) groups excluding carboxylic acids is 3. The second-order valence-corrected chi connectivity index (χ2v) is 9.38. The Balaban J connectivity index is 1.99.